The SMILES string of the molecule is c1ccc(-c2nc(-c3ccccc3)nc(-c3ccc4c(c3)sc3c(-c5cccc6c5sc5ccc(-n7c8ccccc8c8ccccc87)cc56)cccc34)n2)cc1. The fourth-order valence-corrected chi connectivity index (χ4v) is 10.9. The normalized spacial score (nSPS) is 11.9. The third-order valence-electron chi connectivity index (χ3n) is 11.1. The molecule has 0 bridgehead atoms. The van der Waals surface area contributed by atoms with Gasteiger partial charge in [0.25, 0.3) is 0 Å². The van der Waals surface area contributed by atoms with E-state index in [-0.39, 0.29) is 0 Å². The fourth-order valence-electron chi connectivity index (χ4n) is 8.43. The number of hydrogen-bond donors (Lipinski definition) is 0. The minimum atomic E-state index is 0.664. The fraction of sp³-hybridized carbons (Fsp3) is 0. The summed E-state index contributed by atoms with van der Waals surface area (Å²) in [6, 6.07) is 64.9. The molecule has 0 aliphatic heterocycles. The molecule has 57 heavy (non-hydrogen) atoms. The molecule has 4 heterocycles. The predicted octanol–water partition coefficient (Wildman–Crippen LogP) is 14.4. The Balaban J connectivity index is 0.996. The molecule has 0 N–H and O–H groups in total. The molecule has 266 valence electrons. The molecule has 4 aromatic heterocycles. The van der Waals surface area contributed by atoms with Crippen LogP contribution in [0.3, 0.4) is 0 Å². The van der Waals surface area contributed by atoms with Gasteiger partial charge in [-0.1, -0.05) is 146 Å². The maximum Gasteiger partial charge on any atom is 0.164 e. The molecule has 0 aliphatic carbocycles. The Labute approximate surface area is 335 Å². The molecule has 0 atom stereocenters. The standard InChI is InChI=1S/C51H30N4S2/c1-3-13-31(14-4-1)49-52-50(32-15-5-2-6-16-32)54-51(53-49)33-25-27-37-38-19-11-20-39(47(38)57-46(37)29-33)40-21-12-22-41-42-30-34(26-28-45(42)56-48(40)41)55-43-23-9-7-17-35(43)36-18-8-10-24-44(36)55/h1-30H. The zero-order valence-corrected chi connectivity index (χ0v) is 32.1. The largest absolute Gasteiger partial charge is 0.309 e. The van der Waals surface area contributed by atoms with Gasteiger partial charge in [0.05, 0.1) is 11.0 Å². The second-order valence-electron chi connectivity index (χ2n) is 14.4. The van der Waals surface area contributed by atoms with Crippen molar-refractivity contribution in [2.45, 2.75) is 0 Å². The van der Waals surface area contributed by atoms with E-state index in [2.05, 4.69) is 126 Å². The van der Waals surface area contributed by atoms with Gasteiger partial charge in [0.15, 0.2) is 17.5 Å². The second-order valence-corrected chi connectivity index (χ2v) is 16.5. The van der Waals surface area contributed by atoms with E-state index in [0.29, 0.717) is 17.5 Å². The monoisotopic (exact) mass is 762 g/mol. The van der Waals surface area contributed by atoms with Crippen LogP contribution in [0.25, 0.3) is 113 Å². The van der Waals surface area contributed by atoms with Crippen LogP contribution < -0.4 is 0 Å². The maximum absolute atomic E-state index is 5.01. The lowest BCUT2D eigenvalue weighted by Crippen LogP contribution is -1.99. The molecular formula is C51H30N4S2. The average molecular weight is 763 g/mol. The van der Waals surface area contributed by atoms with Crippen molar-refractivity contribution in [2.24, 2.45) is 0 Å². The number of benzene rings is 8. The highest BCUT2D eigenvalue weighted by Gasteiger charge is 2.19. The molecule has 0 radical (unpaired) electrons. The molecule has 8 aromatic carbocycles. The molecule has 4 nitrogen and oxygen atoms in total. The minimum Gasteiger partial charge on any atom is -0.309 e. The van der Waals surface area contributed by atoms with E-state index in [1.807, 2.05) is 83.3 Å². The van der Waals surface area contributed by atoms with Crippen LogP contribution in [-0.2, 0) is 0 Å². The summed E-state index contributed by atoms with van der Waals surface area (Å²) in [5.41, 5.74) is 9.04. The van der Waals surface area contributed by atoms with Gasteiger partial charge in [-0.05, 0) is 36.4 Å². The molecular weight excluding hydrogens is 733 g/mol. The molecule has 0 saturated carbocycles. The van der Waals surface area contributed by atoms with E-state index >= 15 is 0 Å². The highest BCUT2D eigenvalue weighted by atomic mass is 32.1. The van der Waals surface area contributed by atoms with Crippen LogP contribution in [0.5, 0.6) is 0 Å². The van der Waals surface area contributed by atoms with Crippen LogP contribution in [0.15, 0.2) is 182 Å². The van der Waals surface area contributed by atoms with Gasteiger partial charge in [0.2, 0.25) is 0 Å². The van der Waals surface area contributed by atoms with Crippen LogP contribution in [0, 0.1) is 0 Å². The number of thiophene rings is 2. The van der Waals surface area contributed by atoms with Gasteiger partial charge in [-0.2, -0.15) is 0 Å². The third kappa shape index (κ3) is 5.15. The van der Waals surface area contributed by atoms with E-state index in [1.165, 1.54) is 79.0 Å². The van der Waals surface area contributed by atoms with Crippen molar-refractivity contribution in [1.29, 1.82) is 0 Å². The number of fused-ring (bicyclic) bond motifs is 9. The van der Waals surface area contributed by atoms with Crippen molar-refractivity contribution in [2.75, 3.05) is 0 Å². The molecule has 12 rings (SSSR count). The second kappa shape index (κ2) is 12.8. The van der Waals surface area contributed by atoms with Crippen molar-refractivity contribution in [3.05, 3.63) is 182 Å². The Morgan fingerprint density at radius 1 is 0.333 bits per heavy atom. The quantitative estimate of drug-likeness (QED) is 0.175. The van der Waals surface area contributed by atoms with Crippen LogP contribution in [-0.4, -0.2) is 19.5 Å². The summed E-state index contributed by atoms with van der Waals surface area (Å²) in [4.78, 5) is 14.9. The van der Waals surface area contributed by atoms with E-state index in [1.54, 1.807) is 0 Å². The van der Waals surface area contributed by atoms with Crippen molar-refractivity contribution < 1.29 is 0 Å². The summed E-state index contributed by atoms with van der Waals surface area (Å²) in [7, 11) is 0. The summed E-state index contributed by atoms with van der Waals surface area (Å²) < 4.78 is 7.50. The number of aromatic nitrogens is 4. The van der Waals surface area contributed by atoms with Crippen LogP contribution >= 0.6 is 22.7 Å². The topological polar surface area (TPSA) is 43.6 Å². The average Bonchev–Trinajstić information content (AvgIpc) is 3.96. The highest BCUT2D eigenvalue weighted by molar-refractivity contribution is 7.27. The lowest BCUT2D eigenvalue weighted by atomic mass is 10.00. The Morgan fingerprint density at radius 2 is 0.842 bits per heavy atom. The highest BCUT2D eigenvalue weighted by Crippen LogP contribution is 2.46. The third-order valence-corrected chi connectivity index (χ3v) is 13.5. The molecule has 0 unspecified atom stereocenters. The smallest absolute Gasteiger partial charge is 0.164 e. The molecule has 0 spiro atoms. The van der Waals surface area contributed by atoms with Gasteiger partial charge >= 0.3 is 0 Å². The Kier molecular flexibility index (Phi) is 7.24. The first kappa shape index (κ1) is 32.3. The van der Waals surface area contributed by atoms with Crippen LogP contribution in [0.2, 0.25) is 0 Å². The molecule has 0 saturated heterocycles. The lowest BCUT2D eigenvalue weighted by molar-refractivity contribution is 1.07. The van der Waals surface area contributed by atoms with Crippen molar-refractivity contribution >= 4 is 84.8 Å². The van der Waals surface area contributed by atoms with Crippen LogP contribution in [0.4, 0.5) is 0 Å². The summed E-state index contributed by atoms with van der Waals surface area (Å²) in [5, 5.41) is 7.62. The number of hydrogen-bond acceptors (Lipinski definition) is 5. The zero-order chi connectivity index (χ0) is 37.5. The Hall–Kier alpha value is -6.99. The van der Waals surface area contributed by atoms with Crippen molar-refractivity contribution in [3.8, 4) is 51.0 Å². The summed E-state index contributed by atoms with van der Waals surface area (Å²) in [5.74, 6) is 1.99. The summed E-state index contributed by atoms with van der Waals surface area (Å²) in [6.07, 6.45) is 0. The molecule has 6 heteroatoms. The zero-order valence-electron chi connectivity index (χ0n) is 30.4. The van der Waals surface area contributed by atoms with Crippen molar-refractivity contribution in [3.63, 3.8) is 0 Å². The minimum absolute atomic E-state index is 0.664. The van der Waals surface area contributed by atoms with Gasteiger partial charge in [-0.25, -0.2) is 15.0 Å². The summed E-state index contributed by atoms with van der Waals surface area (Å²) in [6.45, 7) is 0. The summed E-state index contributed by atoms with van der Waals surface area (Å²) >= 11 is 3.72. The van der Waals surface area contributed by atoms with Crippen molar-refractivity contribution in [1.82, 2.24) is 19.5 Å². The van der Waals surface area contributed by atoms with E-state index in [9.17, 15) is 0 Å². The van der Waals surface area contributed by atoms with Gasteiger partial charge in [0, 0.05) is 84.6 Å². The van der Waals surface area contributed by atoms with E-state index < -0.39 is 0 Å². The Bertz CT molecular complexity index is 3410. The first-order valence-corrected chi connectivity index (χ1v) is 20.7. The number of nitrogens with zero attached hydrogens (tertiary/aromatic N) is 4. The van der Waals surface area contributed by atoms with Gasteiger partial charge in [-0.15, -0.1) is 22.7 Å². The van der Waals surface area contributed by atoms with Gasteiger partial charge in [-0.3, -0.25) is 0 Å². The first-order chi connectivity index (χ1) is 28.2. The lowest BCUT2D eigenvalue weighted by Gasteiger charge is -2.08. The molecule has 12 aromatic rings. The van der Waals surface area contributed by atoms with E-state index in [0.717, 1.165) is 16.7 Å². The predicted molar refractivity (Wildman–Crippen MR) is 242 cm³/mol. The van der Waals surface area contributed by atoms with Gasteiger partial charge < -0.3 is 4.57 Å². The molecule has 0 fully saturated rings. The maximum atomic E-state index is 5.01. The van der Waals surface area contributed by atoms with E-state index in [4.69, 9.17) is 15.0 Å². The first-order valence-electron chi connectivity index (χ1n) is 19.0. The van der Waals surface area contributed by atoms with Crippen LogP contribution in [0.1, 0.15) is 0 Å². The van der Waals surface area contributed by atoms with Gasteiger partial charge in [0.1, 0.15) is 0 Å². The number of rotatable bonds is 5. The Morgan fingerprint density at radius 3 is 1.46 bits per heavy atom. The number of para-hydroxylation sites is 2. The molecule has 0 amide bonds. The molecule has 0 aliphatic rings.